The number of alkyl halides is 3. The molecule has 0 radical (unpaired) electrons. The summed E-state index contributed by atoms with van der Waals surface area (Å²) in [5.41, 5.74) is 2.56. The normalized spacial score (nSPS) is 32.1. The molecule has 4 atom stereocenters. The van der Waals surface area contributed by atoms with Crippen molar-refractivity contribution in [3.63, 3.8) is 0 Å². The lowest BCUT2D eigenvalue weighted by atomic mass is 9.85. The molecular weight excluding hydrogens is 349 g/mol. The van der Waals surface area contributed by atoms with Crippen molar-refractivity contribution in [3.8, 4) is 5.75 Å². The van der Waals surface area contributed by atoms with Crippen molar-refractivity contribution < 1.29 is 27.8 Å². The van der Waals surface area contributed by atoms with Gasteiger partial charge in [0.15, 0.2) is 12.8 Å². The molecule has 1 N–H and O–H groups in total. The zero-order chi connectivity index (χ0) is 18.6. The van der Waals surface area contributed by atoms with Crippen molar-refractivity contribution >= 4 is 0 Å². The van der Waals surface area contributed by atoms with Crippen LogP contribution in [0, 0.1) is 13.8 Å². The van der Waals surface area contributed by atoms with Crippen LogP contribution in [0.25, 0.3) is 0 Å². The average Bonchev–Trinajstić information content (AvgIpc) is 3.35. The first-order valence-corrected chi connectivity index (χ1v) is 8.94. The number of benzene rings is 1. The summed E-state index contributed by atoms with van der Waals surface area (Å²) in [6.07, 6.45) is -3.04. The zero-order valence-corrected chi connectivity index (χ0v) is 14.8. The summed E-state index contributed by atoms with van der Waals surface area (Å²) in [5.74, 6) is -0.0229. The number of aryl methyl sites for hydroxylation is 2. The minimum absolute atomic E-state index is 0.0105. The number of epoxide rings is 1. The van der Waals surface area contributed by atoms with Gasteiger partial charge < -0.3 is 14.6 Å². The number of hydrazine groups is 1. The summed E-state index contributed by atoms with van der Waals surface area (Å²) in [6, 6.07) is 3.22. The Morgan fingerprint density at radius 3 is 2.38 bits per heavy atom. The van der Waals surface area contributed by atoms with Gasteiger partial charge in [0.2, 0.25) is 0 Å². The maximum atomic E-state index is 12.4. The second kappa shape index (κ2) is 6.37. The van der Waals surface area contributed by atoms with Gasteiger partial charge in [0.1, 0.15) is 18.1 Å². The van der Waals surface area contributed by atoms with E-state index in [4.69, 9.17) is 9.47 Å². The molecular formula is C18H23F3N2O3. The Labute approximate surface area is 150 Å². The smallest absolute Gasteiger partial charge is 0.422 e. The van der Waals surface area contributed by atoms with Gasteiger partial charge in [-0.1, -0.05) is 0 Å². The molecule has 3 heterocycles. The fourth-order valence-electron chi connectivity index (χ4n) is 4.36. The van der Waals surface area contributed by atoms with Gasteiger partial charge in [-0.25, -0.2) is 10.0 Å². The summed E-state index contributed by atoms with van der Waals surface area (Å²) in [6.45, 7) is 4.04. The van der Waals surface area contributed by atoms with Crippen LogP contribution in [0.4, 0.5) is 13.2 Å². The largest absolute Gasteiger partial charge is 0.484 e. The van der Waals surface area contributed by atoms with E-state index in [-0.39, 0.29) is 24.0 Å². The van der Waals surface area contributed by atoms with Gasteiger partial charge in [-0.15, -0.1) is 0 Å². The van der Waals surface area contributed by atoms with Crippen LogP contribution >= 0.6 is 0 Å². The molecule has 1 aromatic rings. The number of aliphatic hydroxyl groups is 1. The predicted octanol–water partition coefficient (Wildman–Crippen LogP) is 2.70. The molecule has 0 aliphatic carbocycles. The highest BCUT2D eigenvalue weighted by Gasteiger charge is 2.59. The SMILES string of the molecule is Cc1cc(OCC(F)(F)F)cc(C)c1C1C2OC2N2CCCCN2C1O. The molecule has 0 amide bonds. The molecule has 5 nitrogen and oxygen atoms in total. The van der Waals surface area contributed by atoms with Crippen LogP contribution < -0.4 is 4.74 Å². The number of ether oxygens (including phenoxy) is 2. The Morgan fingerprint density at radius 1 is 1.15 bits per heavy atom. The van der Waals surface area contributed by atoms with Crippen LogP contribution in [0.2, 0.25) is 0 Å². The molecule has 3 aliphatic heterocycles. The summed E-state index contributed by atoms with van der Waals surface area (Å²) >= 11 is 0. The van der Waals surface area contributed by atoms with E-state index in [1.54, 1.807) is 12.1 Å². The van der Waals surface area contributed by atoms with Gasteiger partial charge in [0.05, 0.1) is 5.92 Å². The lowest BCUT2D eigenvalue weighted by molar-refractivity contribution is -0.191. The Balaban J connectivity index is 1.59. The van der Waals surface area contributed by atoms with Crippen molar-refractivity contribution in [2.45, 2.75) is 57.3 Å². The van der Waals surface area contributed by atoms with E-state index in [0.717, 1.165) is 42.6 Å². The molecule has 4 rings (SSSR count). The standard InChI is InChI=1S/C18H23F3N2O3/c1-10-7-12(25-9-18(19,20)21)8-11(2)13(10)14-15-17(26-15)23-6-4-3-5-22(23)16(14)24/h7-8,14-17,24H,3-6,9H2,1-2H3. The van der Waals surface area contributed by atoms with Gasteiger partial charge >= 0.3 is 6.18 Å². The van der Waals surface area contributed by atoms with Crippen molar-refractivity contribution in [3.05, 3.63) is 28.8 Å². The third-order valence-corrected chi connectivity index (χ3v) is 5.43. The molecule has 8 heteroatoms. The van der Waals surface area contributed by atoms with Gasteiger partial charge in [-0.2, -0.15) is 13.2 Å². The van der Waals surface area contributed by atoms with Gasteiger partial charge in [0.25, 0.3) is 0 Å². The average molecular weight is 372 g/mol. The Kier molecular flexibility index (Phi) is 4.42. The maximum absolute atomic E-state index is 12.4. The van der Waals surface area contributed by atoms with Gasteiger partial charge in [0, 0.05) is 13.1 Å². The van der Waals surface area contributed by atoms with Crippen LogP contribution in [0.5, 0.6) is 5.75 Å². The quantitative estimate of drug-likeness (QED) is 0.827. The van der Waals surface area contributed by atoms with E-state index in [1.807, 2.05) is 18.9 Å². The Hall–Kier alpha value is -1.35. The minimum atomic E-state index is -4.37. The van der Waals surface area contributed by atoms with E-state index in [9.17, 15) is 18.3 Å². The van der Waals surface area contributed by atoms with E-state index in [1.165, 1.54) is 0 Å². The van der Waals surface area contributed by atoms with E-state index in [0.29, 0.717) is 0 Å². The molecule has 3 saturated heterocycles. The van der Waals surface area contributed by atoms with Crippen LogP contribution in [0.15, 0.2) is 12.1 Å². The Bertz CT molecular complexity index is 674. The molecule has 0 spiro atoms. The van der Waals surface area contributed by atoms with E-state index >= 15 is 0 Å². The highest BCUT2D eigenvalue weighted by atomic mass is 19.4. The number of hydrogen-bond acceptors (Lipinski definition) is 5. The van der Waals surface area contributed by atoms with Crippen molar-refractivity contribution in [1.82, 2.24) is 10.0 Å². The summed E-state index contributed by atoms with van der Waals surface area (Å²) in [7, 11) is 0. The van der Waals surface area contributed by atoms with Crippen LogP contribution in [-0.2, 0) is 4.74 Å². The maximum Gasteiger partial charge on any atom is 0.422 e. The van der Waals surface area contributed by atoms with Crippen molar-refractivity contribution in [2.24, 2.45) is 0 Å². The van der Waals surface area contributed by atoms with Crippen molar-refractivity contribution in [1.29, 1.82) is 0 Å². The van der Waals surface area contributed by atoms with E-state index < -0.39 is 19.0 Å². The molecule has 4 unspecified atom stereocenters. The highest BCUT2D eigenvalue weighted by molar-refractivity contribution is 5.45. The molecule has 26 heavy (non-hydrogen) atoms. The monoisotopic (exact) mass is 372 g/mol. The van der Waals surface area contributed by atoms with E-state index in [2.05, 4.69) is 5.01 Å². The minimum Gasteiger partial charge on any atom is -0.484 e. The fourth-order valence-corrected chi connectivity index (χ4v) is 4.36. The number of nitrogens with zero attached hydrogens (tertiary/aromatic N) is 2. The number of aliphatic hydroxyl groups excluding tert-OH is 1. The molecule has 0 saturated carbocycles. The first kappa shape index (κ1) is 18.0. The first-order valence-electron chi connectivity index (χ1n) is 8.94. The summed E-state index contributed by atoms with van der Waals surface area (Å²) < 4.78 is 47.9. The number of fused-ring (bicyclic) bond motifs is 3. The van der Waals surface area contributed by atoms with Crippen LogP contribution in [0.1, 0.15) is 35.4 Å². The molecule has 0 aromatic heterocycles. The molecule has 3 fully saturated rings. The topological polar surface area (TPSA) is 48.5 Å². The van der Waals surface area contributed by atoms with Gasteiger partial charge in [-0.05, 0) is 55.5 Å². The summed E-state index contributed by atoms with van der Waals surface area (Å²) in [4.78, 5) is 0. The number of hydrogen-bond donors (Lipinski definition) is 1. The second-order valence-electron chi connectivity index (χ2n) is 7.34. The van der Waals surface area contributed by atoms with Crippen LogP contribution in [0.3, 0.4) is 0 Å². The third-order valence-electron chi connectivity index (χ3n) is 5.43. The molecule has 3 aliphatic rings. The fraction of sp³-hybridized carbons (Fsp3) is 0.667. The molecule has 1 aromatic carbocycles. The zero-order valence-electron chi connectivity index (χ0n) is 14.8. The first-order chi connectivity index (χ1) is 12.3. The summed E-state index contributed by atoms with van der Waals surface area (Å²) in [5, 5.41) is 15.1. The lowest BCUT2D eigenvalue weighted by Crippen LogP contribution is -2.60. The lowest BCUT2D eigenvalue weighted by Gasteiger charge is -2.46. The third kappa shape index (κ3) is 3.19. The molecule has 144 valence electrons. The Morgan fingerprint density at radius 2 is 1.77 bits per heavy atom. The van der Waals surface area contributed by atoms with Crippen molar-refractivity contribution in [2.75, 3.05) is 19.7 Å². The number of halogens is 3. The van der Waals surface area contributed by atoms with Crippen LogP contribution in [-0.4, -0.2) is 59.6 Å². The second-order valence-corrected chi connectivity index (χ2v) is 7.34. The highest BCUT2D eigenvalue weighted by Crippen LogP contribution is 2.49. The van der Waals surface area contributed by atoms with Gasteiger partial charge in [-0.3, -0.25) is 0 Å². The number of rotatable bonds is 3. The molecule has 0 bridgehead atoms. The predicted molar refractivity (Wildman–Crippen MR) is 87.5 cm³/mol.